The Labute approximate surface area is 191 Å². The van der Waals surface area contributed by atoms with Crippen molar-refractivity contribution in [3.8, 4) is 28.5 Å². The maximum Gasteiger partial charge on any atom is 0.259 e. The highest BCUT2D eigenvalue weighted by atomic mass is 16.6. The predicted octanol–water partition coefficient (Wildman–Crippen LogP) is 4.63. The van der Waals surface area contributed by atoms with Gasteiger partial charge in [0, 0.05) is 23.5 Å². The number of anilines is 1. The van der Waals surface area contributed by atoms with Crippen LogP contribution in [0.25, 0.3) is 11.3 Å². The summed E-state index contributed by atoms with van der Waals surface area (Å²) in [5, 5.41) is 7.70. The number of carbonyl (C=O) groups excluding carboxylic acids is 1. The average molecular weight is 441 g/mol. The fourth-order valence-corrected chi connectivity index (χ4v) is 3.74. The summed E-state index contributed by atoms with van der Waals surface area (Å²) in [6.45, 7) is 1.55. The number of carbonyl (C=O) groups is 1. The number of nitrogens with one attached hydrogen (secondary N) is 1. The molecule has 2 heterocycles. The van der Waals surface area contributed by atoms with Gasteiger partial charge in [-0.15, -0.1) is 0 Å². The number of nitrogens with zero attached hydrogens (tertiary/aromatic N) is 2. The lowest BCUT2D eigenvalue weighted by molar-refractivity contribution is 0.102. The molecule has 0 aliphatic carbocycles. The first kappa shape index (κ1) is 20.6. The molecule has 33 heavy (non-hydrogen) atoms. The van der Waals surface area contributed by atoms with E-state index in [0.717, 1.165) is 11.1 Å². The molecule has 0 radical (unpaired) electrons. The fraction of sp³-hybridized carbons (Fsp3) is 0.154. The van der Waals surface area contributed by atoms with Gasteiger partial charge >= 0.3 is 0 Å². The number of aromatic nitrogens is 2. The molecule has 0 spiro atoms. The van der Waals surface area contributed by atoms with Crippen molar-refractivity contribution in [1.82, 2.24) is 9.78 Å². The van der Waals surface area contributed by atoms with Crippen molar-refractivity contribution in [3.05, 3.63) is 90.1 Å². The Kier molecular flexibility index (Phi) is 5.68. The summed E-state index contributed by atoms with van der Waals surface area (Å²) >= 11 is 0. The molecule has 1 aromatic heterocycles. The molecule has 7 heteroatoms. The highest BCUT2D eigenvalue weighted by Crippen LogP contribution is 2.33. The molecule has 0 bridgehead atoms. The number of amides is 1. The third-order valence-electron chi connectivity index (χ3n) is 5.34. The summed E-state index contributed by atoms with van der Waals surface area (Å²) in [6.07, 6.45) is 1.77. The zero-order valence-electron chi connectivity index (χ0n) is 18.2. The van der Waals surface area contributed by atoms with Crippen molar-refractivity contribution in [1.29, 1.82) is 0 Å². The Hall–Kier alpha value is -4.26. The minimum absolute atomic E-state index is 0.260. The van der Waals surface area contributed by atoms with Crippen molar-refractivity contribution >= 4 is 11.6 Å². The van der Waals surface area contributed by atoms with Crippen molar-refractivity contribution in [3.63, 3.8) is 0 Å². The molecule has 5 rings (SSSR count). The lowest BCUT2D eigenvalue weighted by Crippen LogP contribution is -2.16. The van der Waals surface area contributed by atoms with E-state index in [-0.39, 0.29) is 5.91 Å². The van der Waals surface area contributed by atoms with Crippen LogP contribution >= 0.6 is 0 Å². The summed E-state index contributed by atoms with van der Waals surface area (Å²) in [5.41, 5.74) is 3.56. The molecule has 166 valence electrons. The number of fused-ring (bicyclic) bond motifs is 1. The van der Waals surface area contributed by atoms with E-state index < -0.39 is 0 Å². The molecule has 1 N–H and O–H groups in total. The highest BCUT2D eigenvalue weighted by molar-refractivity contribution is 6.08. The van der Waals surface area contributed by atoms with Gasteiger partial charge in [0.2, 0.25) is 0 Å². The monoisotopic (exact) mass is 441 g/mol. The van der Waals surface area contributed by atoms with E-state index in [0.29, 0.717) is 54.0 Å². The van der Waals surface area contributed by atoms with Gasteiger partial charge in [0.1, 0.15) is 24.7 Å². The second-order valence-electron chi connectivity index (χ2n) is 7.62. The van der Waals surface area contributed by atoms with Crippen LogP contribution in [-0.4, -0.2) is 36.0 Å². The van der Waals surface area contributed by atoms with Gasteiger partial charge in [0.25, 0.3) is 5.91 Å². The van der Waals surface area contributed by atoms with Crippen LogP contribution in [0.3, 0.4) is 0 Å². The zero-order chi connectivity index (χ0) is 22.6. The van der Waals surface area contributed by atoms with Gasteiger partial charge in [0.15, 0.2) is 11.5 Å². The van der Waals surface area contributed by atoms with Crippen LogP contribution in [0.2, 0.25) is 0 Å². The fourth-order valence-electron chi connectivity index (χ4n) is 3.74. The van der Waals surface area contributed by atoms with Crippen molar-refractivity contribution in [2.45, 2.75) is 6.54 Å². The van der Waals surface area contributed by atoms with Gasteiger partial charge in [-0.3, -0.25) is 9.48 Å². The molecule has 0 fully saturated rings. The zero-order valence-corrected chi connectivity index (χ0v) is 18.2. The third-order valence-corrected chi connectivity index (χ3v) is 5.34. The Morgan fingerprint density at radius 3 is 2.64 bits per heavy atom. The third kappa shape index (κ3) is 4.52. The maximum atomic E-state index is 13.3. The Balaban J connectivity index is 1.48. The molecule has 1 aliphatic rings. The van der Waals surface area contributed by atoms with Gasteiger partial charge in [0.05, 0.1) is 19.2 Å². The van der Waals surface area contributed by atoms with Crippen LogP contribution in [0, 0.1) is 0 Å². The Bertz CT molecular complexity index is 1280. The van der Waals surface area contributed by atoms with Crippen LogP contribution < -0.4 is 19.5 Å². The van der Waals surface area contributed by atoms with Gasteiger partial charge in [-0.25, -0.2) is 0 Å². The van der Waals surface area contributed by atoms with Crippen LogP contribution in [0.15, 0.2) is 79.0 Å². The first-order valence-electron chi connectivity index (χ1n) is 10.7. The van der Waals surface area contributed by atoms with Gasteiger partial charge in [-0.2, -0.15) is 5.10 Å². The Morgan fingerprint density at radius 1 is 1.00 bits per heavy atom. The maximum absolute atomic E-state index is 13.3. The van der Waals surface area contributed by atoms with Crippen molar-refractivity contribution < 1.29 is 19.0 Å². The van der Waals surface area contributed by atoms with E-state index in [2.05, 4.69) is 5.32 Å². The number of hydrogen-bond donors (Lipinski definition) is 1. The first-order valence-corrected chi connectivity index (χ1v) is 10.7. The number of methoxy groups -OCH3 is 1. The molecule has 0 saturated carbocycles. The molecule has 1 amide bonds. The van der Waals surface area contributed by atoms with Gasteiger partial charge in [-0.05, 0) is 29.8 Å². The molecule has 0 unspecified atom stereocenters. The van der Waals surface area contributed by atoms with E-state index in [1.165, 1.54) is 0 Å². The predicted molar refractivity (Wildman–Crippen MR) is 125 cm³/mol. The molecule has 0 saturated heterocycles. The molecule has 1 aliphatic heterocycles. The van der Waals surface area contributed by atoms with E-state index in [1.54, 1.807) is 36.2 Å². The van der Waals surface area contributed by atoms with E-state index >= 15 is 0 Å². The second kappa shape index (κ2) is 9.08. The topological polar surface area (TPSA) is 74.6 Å². The molecule has 0 atom stereocenters. The summed E-state index contributed by atoms with van der Waals surface area (Å²) in [7, 11) is 1.61. The quantitative estimate of drug-likeness (QED) is 0.472. The van der Waals surface area contributed by atoms with E-state index in [9.17, 15) is 4.79 Å². The molecule has 3 aromatic carbocycles. The van der Waals surface area contributed by atoms with Gasteiger partial charge in [-0.1, -0.05) is 42.5 Å². The molecular formula is C26H23N3O4. The Morgan fingerprint density at radius 2 is 1.82 bits per heavy atom. The summed E-state index contributed by atoms with van der Waals surface area (Å²) < 4.78 is 18.3. The van der Waals surface area contributed by atoms with Crippen LogP contribution in [0.4, 0.5) is 5.69 Å². The molecule has 7 nitrogen and oxygen atoms in total. The number of benzene rings is 3. The normalized spacial score (nSPS) is 12.3. The SMILES string of the molecule is COc1cccc(-c2nn(Cc3ccccc3)cc2C(=O)Nc2ccc3c(c2)OCCO3)c1. The molecular weight excluding hydrogens is 418 g/mol. The van der Waals surface area contributed by atoms with Crippen molar-refractivity contribution in [2.75, 3.05) is 25.6 Å². The standard InChI is InChI=1S/C26H23N3O4/c1-31-21-9-5-8-19(14-21)25-22(17-29(28-25)16-18-6-3-2-4-7-18)26(30)27-20-10-11-23-24(15-20)33-13-12-32-23/h2-11,14-15,17H,12-13,16H2,1H3,(H,27,30). The number of ether oxygens (including phenoxy) is 3. The van der Waals surface area contributed by atoms with Crippen molar-refractivity contribution in [2.24, 2.45) is 0 Å². The minimum atomic E-state index is -0.260. The van der Waals surface area contributed by atoms with E-state index in [4.69, 9.17) is 19.3 Å². The highest BCUT2D eigenvalue weighted by Gasteiger charge is 2.20. The smallest absolute Gasteiger partial charge is 0.259 e. The minimum Gasteiger partial charge on any atom is -0.497 e. The van der Waals surface area contributed by atoms with Crippen LogP contribution in [-0.2, 0) is 6.54 Å². The van der Waals surface area contributed by atoms with Crippen LogP contribution in [0.5, 0.6) is 17.2 Å². The second-order valence-corrected chi connectivity index (χ2v) is 7.62. The summed E-state index contributed by atoms with van der Waals surface area (Å²) in [6, 6.07) is 22.9. The van der Waals surface area contributed by atoms with Crippen LogP contribution in [0.1, 0.15) is 15.9 Å². The summed E-state index contributed by atoms with van der Waals surface area (Å²) in [5.74, 6) is 1.73. The number of hydrogen-bond acceptors (Lipinski definition) is 5. The lowest BCUT2D eigenvalue weighted by Gasteiger charge is -2.19. The first-order chi connectivity index (χ1) is 16.2. The van der Waals surface area contributed by atoms with E-state index in [1.807, 2.05) is 54.6 Å². The summed E-state index contributed by atoms with van der Waals surface area (Å²) in [4.78, 5) is 13.3. The number of rotatable bonds is 6. The average Bonchev–Trinajstić information content (AvgIpc) is 3.28. The largest absolute Gasteiger partial charge is 0.497 e. The lowest BCUT2D eigenvalue weighted by atomic mass is 10.1. The molecule has 4 aromatic rings. The van der Waals surface area contributed by atoms with Gasteiger partial charge < -0.3 is 19.5 Å².